The third-order valence-corrected chi connectivity index (χ3v) is 8.33. The van der Waals surface area contributed by atoms with Crippen molar-refractivity contribution in [1.82, 2.24) is 5.32 Å². The lowest BCUT2D eigenvalue weighted by atomic mass is 9.82. The molecule has 0 unspecified atom stereocenters. The number of aliphatic hydroxyl groups is 1. The summed E-state index contributed by atoms with van der Waals surface area (Å²) in [7, 11) is 0. The summed E-state index contributed by atoms with van der Waals surface area (Å²) in [5.41, 5.74) is 1.57. The SMILES string of the molecule is O=C(NCc1cccc(Cl)c1)[C@]1(Cc2ccc(Br)cc2)N=C(c2ccc(OCCCO)cc2)O[C@@H]1c1ccc(Cl)cc1Cl. The molecule has 1 aliphatic heterocycles. The molecule has 0 aromatic heterocycles. The molecule has 1 amide bonds. The molecule has 0 aliphatic carbocycles. The second kappa shape index (κ2) is 14.1. The van der Waals surface area contributed by atoms with Crippen LogP contribution in [0, 0.1) is 0 Å². The molecule has 0 fully saturated rings. The average molecular weight is 703 g/mol. The number of aliphatic imine (C=N–C) groups is 1. The first-order chi connectivity index (χ1) is 20.8. The summed E-state index contributed by atoms with van der Waals surface area (Å²) in [6.07, 6.45) is -0.100. The Kier molecular flexibility index (Phi) is 10.3. The summed E-state index contributed by atoms with van der Waals surface area (Å²) >= 11 is 22.7. The van der Waals surface area contributed by atoms with Gasteiger partial charge in [0.25, 0.3) is 5.91 Å². The molecule has 5 rings (SSSR count). The quantitative estimate of drug-likeness (QED) is 0.155. The van der Waals surface area contributed by atoms with E-state index in [1.54, 1.807) is 42.5 Å². The lowest BCUT2D eigenvalue weighted by Crippen LogP contribution is -2.49. The normalized spacial score (nSPS) is 17.7. The second-order valence-corrected chi connectivity index (χ2v) is 12.3. The first-order valence-electron chi connectivity index (χ1n) is 13.6. The zero-order valence-corrected chi connectivity index (χ0v) is 26.8. The van der Waals surface area contributed by atoms with E-state index in [2.05, 4.69) is 21.2 Å². The molecule has 6 nitrogen and oxygen atoms in total. The summed E-state index contributed by atoms with van der Waals surface area (Å²) in [4.78, 5) is 19.4. The molecule has 2 N–H and O–H groups in total. The lowest BCUT2D eigenvalue weighted by Gasteiger charge is -2.31. The molecule has 0 saturated carbocycles. The van der Waals surface area contributed by atoms with E-state index in [4.69, 9.17) is 54.4 Å². The number of hydrogen-bond acceptors (Lipinski definition) is 5. The Morgan fingerprint density at radius 3 is 2.40 bits per heavy atom. The smallest absolute Gasteiger partial charge is 0.252 e. The Bertz CT molecular complexity index is 1620. The molecule has 1 heterocycles. The maximum absolute atomic E-state index is 14.4. The van der Waals surface area contributed by atoms with Crippen LogP contribution in [-0.2, 0) is 22.5 Å². The topological polar surface area (TPSA) is 80.2 Å². The molecule has 222 valence electrons. The number of amides is 1. The number of nitrogens with zero attached hydrogens (tertiary/aromatic N) is 1. The van der Waals surface area contributed by atoms with Gasteiger partial charge < -0.3 is 19.9 Å². The Morgan fingerprint density at radius 1 is 0.953 bits per heavy atom. The predicted octanol–water partition coefficient (Wildman–Crippen LogP) is 7.99. The van der Waals surface area contributed by atoms with Gasteiger partial charge in [0.1, 0.15) is 5.75 Å². The summed E-state index contributed by atoms with van der Waals surface area (Å²) in [5.74, 6) is 0.617. The lowest BCUT2D eigenvalue weighted by molar-refractivity contribution is -0.129. The molecule has 0 saturated heterocycles. The number of carbonyl (C=O) groups excluding carboxylic acids is 1. The molecule has 4 aromatic carbocycles. The minimum Gasteiger partial charge on any atom is -0.494 e. The van der Waals surface area contributed by atoms with Crippen molar-refractivity contribution in [2.45, 2.75) is 31.0 Å². The third-order valence-electron chi connectivity index (χ3n) is 7.00. The van der Waals surface area contributed by atoms with Crippen molar-refractivity contribution >= 4 is 62.5 Å². The van der Waals surface area contributed by atoms with Crippen LogP contribution >= 0.6 is 50.7 Å². The van der Waals surface area contributed by atoms with E-state index in [9.17, 15) is 4.79 Å². The molecule has 1 aliphatic rings. The number of rotatable bonds is 11. The Hall–Kier alpha value is -3.07. The van der Waals surface area contributed by atoms with Gasteiger partial charge in [-0.25, -0.2) is 4.99 Å². The van der Waals surface area contributed by atoms with Gasteiger partial charge in [-0.3, -0.25) is 4.79 Å². The fraction of sp³-hybridized carbons (Fsp3) is 0.212. The van der Waals surface area contributed by atoms with Gasteiger partial charge in [-0.2, -0.15) is 0 Å². The van der Waals surface area contributed by atoms with Crippen molar-refractivity contribution in [3.05, 3.63) is 133 Å². The Morgan fingerprint density at radius 2 is 1.70 bits per heavy atom. The highest BCUT2D eigenvalue weighted by Gasteiger charge is 2.53. The first kappa shape index (κ1) is 31.4. The van der Waals surface area contributed by atoms with Crippen molar-refractivity contribution in [1.29, 1.82) is 0 Å². The number of nitrogens with one attached hydrogen (secondary N) is 1. The largest absolute Gasteiger partial charge is 0.494 e. The van der Waals surface area contributed by atoms with Crippen molar-refractivity contribution in [2.75, 3.05) is 13.2 Å². The van der Waals surface area contributed by atoms with E-state index >= 15 is 0 Å². The Balaban J connectivity index is 1.57. The van der Waals surface area contributed by atoms with Crippen LogP contribution in [0.25, 0.3) is 0 Å². The van der Waals surface area contributed by atoms with E-state index in [1.165, 1.54) is 0 Å². The van der Waals surface area contributed by atoms with Crippen LogP contribution in [0.15, 0.2) is 100 Å². The third kappa shape index (κ3) is 7.54. The van der Waals surface area contributed by atoms with Crippen molar-refractivity contribution in [2.24, 2.45) is 4.99 Å². The molecule has 10 heteroatoms. The minimum atomic E-state index is -1.42. The van der Waals surface area contributed by atoms with E-state index in [1.807, 2.05) is 48.5 Å². The maximum Gasteiger partial charge on any atom is 0.252 e. The molecular formula is C33H28BrCl3N2O4. The van der Waals surface area contributed by atoms with Crippen LogP contribution in [0.2, 0.25) is 15.1 Å². The van der Waals surface area contributed by atoms with Crippen LogP contribution in [0.5, 0.6) is 5.75 Å². The van der Waals surface area contributed by atoms with Crippen molar-refractivity contribution in [3.8, 4) is 5.75 Å². The zero-order chi connectivity index (χ0) is 30.4. The summed E-state index contributed by atoms with van der Waals surface area (Å²) < 4.78 is 13.2. The highest BCUT2D eigenvalue weighted by molar-refractivity contribution is 9.10. The van der Waals surface area contributed by atoms with Gasteiger partial charge in [0.2, 0.25) is 5.90 Å². The van der Waals surface area contributed by atoms with Gasteiger partial charge in [-0.05, 0) is 71.8 Å². The molecule has 2 atom stereocenters. The molecule has 0 spiro atoms. The van der Waals surface area contributed by atoms with E-state index in [0.717, 1.165) is 15.6 Å². The zero-order valence-electron chi connectivity index (χ0n) is 22.9. The van der Waals surface area contributed by atoms with Gasteiger partial charge in [0.05, 0.1) is 6.61 Å². The highest BCUT2D eigenvalue weighted by atomic mass is 79.9. The standard InChI is InChI=1S/C33H28BrCl3N2O4/c34-24-9-5-21(6-10-24)19-33(32(41)38-20-22-3-1-4-25(35)17-22)30(28-14-11-26(36)18-29(28)37)43-31(39-33)23-7-12-27(13-8-23)42-16-2-15-40/h1,3-14,17-18,30,40H,2,15-16,19-20H2,(H,38,41)/t30-,33-/m1/s1. The van der Waals surface area contributed by atoms with Gasteiger partial charge in [-0.15, -0.1) is 0 Å². The molecule has 4 aromatic rings. The van der Waals surface area contributed by atoms with E-state index in [-0.39, 0.29) is 25.5 Å². The summed E-state index contributed by atoms with van der Waals surface area (Å²) in [6.45, 7) is 0.692. The molecular weight excluding hydrogens is 675 g/mol. The van der Waals surface area contributed by atoms with Crippen LogP contribution in [0.1, 0.15) is 34.8 Å². The first-order valence-corrected chi connectivity index (χ1v) is 15.5. The van der Waals surface area contributed by atoms with E-state index < -0.39 is 11.6 Å². The fourth-order valence-electron chi connectivity index (χ4n) is 4.87. The number of carbonyl (C=O) groups is 1. The van der Waals surface area contributed by atoms with Gasteiger partial charge in [-0.1, -0.05) is 81.1 Å². The molecule has 43 heavy (non-hydrogen) atoms. The number of benzene rings is 4. The number of ether oxygens (including phenoxy) is 2. The van der Waals surface area contributed by atoms with Gasteiger partial charge >= 0.3 is 0 Å². The molecule has 0 radical (unpaired) electrons. The second-order valence-electron chi connectivity index (χ2n) is 10.1. The monoisotopic (exact) mass is 700 g/mol. The van der Waals surface area contributed by atoms with Crippen LogP contribution in [-0.4, -0.2) is 35.7 Å². The minimum absolute atomic E-state index is 0.0528. The van der Waals surface area contributed by atoms with Crippen molar-refractivity contribution < 1.29 is 19.4 Å². The maximum atomic E-state index is 14.4. The van der Waals surface area contributed by atoms with Crippen LogP contribution in [0.4, 0.5) is 0 Å². The van der Waals surface area contributed by atoms with Crippen LogP contribution in [0.3, 0.4) is 0 Å². The predicted molar refractivity (Wildman–Crippen MR) is 174 cm³/mol. The fourth-order valence-corrected chi connectivity index (χ4v) is 5.85. The average Bonchev–Trinajstić information content (AvgIpc) is 3.37. The highest BCUT2D eigenvalue weighted by Crippen LogP contribution is 2.45. The number of halogens is 4. The van der Waals surface area contributed by atoms with Gasteiger partial charge in [0.15, 0.2) is 11.6 Å². The van der Waals surface area contributed by atoms with Gasteiger partial charge in [0, 0.05) is 56.7 Å². The van der Waals surface area contributed by atoms with E-state index in [0.29, 0.717) is 50.9 Å². The Labute approximate surface area is 273 Å². The summed E-state index contributed by atoms with van der Waals surface area (Å²) in [5, 5.41) is 13.5. The van der Waals surface area contributed by atoms with Crippen LogP contribution < -0.4 is 10.1 Å². The number of aliphatic hydroxyl groups excluding tert-OH is 1. The molecule has 0 bridgehead atoms. The van der Waals surface area contributed by atoms with Crippen molar-refractivity contribution in [3.63, 3.8) is 0 Å². The summed E-state index contributed by atoms with van der Waals surface area (Å²) in [6, 6.07) is 27.4. The number of hydrogen-bond donors (Lipinski definition) is 2.